The maximum atomic E-state index is 11.6. The molecule has 1 unspecified atom stereocenters. The summed E-state index contributed by atoms with van der Waals surface area (Å²) in [6, 6.07) is 0.0149. The normalized spacial score (nSPS) is 20.0. The molecule has 0 aromatic carbocycles. The molecule has 0 aromatic rings. The Morgan fingerprint density at radius 1 is 1.60 bits per heavy atom. The molecule has 0 aliphatic carbocycles. The maximum Gasteiger partial charge on any atom is 0.311 e. The molecule has 0 spiro atoms. The summed E-state index contributed by atoms with van der Waals surface area (Å²) >= 11 is 0. The quantitative estimate of drug-likeness (QED) is 0.550. The number of ether oxygens (including phenoxy) is 1. The van der Waals surface area contributed by atoms with Crippen LogP contribution in [0.4, 0.5) is 0 Å². The Balaban J connectivity index is 2.40. The number of carbonyl (C=O) groups excluding carboxylic acids is 2. The number of hydrogen-bond donors (Lipinski definition) is 2. The fraction of sp³-hybridized carbons (Fsp3) is 0.778. The molecule has 1 rings (SSSR count). The van der Waals surface area contributed by atoms with Crippen LogP contribution in [0.15, 0.2) is 0 Å². The van der Waals surface area contributed by atoms with Gasteiger partial charge in [-0.25, -0.2) is 0 Å². The van der Waals surface area contributed by atoms with Crippen molar-refractivity contribution in [3.63, 3.8) is 0 Å². The van der Waals surface area contributed by atoms with E-state index < -0.39 is 11.8 Å². The predicted octanol–water partition coefficient (Wildman–Crippen LogP) is -1.69. The lowest BCUT2D eigenvalue weighted by molar-refractivity contribution is -0.146. The largest absolute Gasteiger partial charge is 0.379 e. The van der Waals surface area contributed by atoms with Gasteiger partial charge in [-0.3, -0.25) is 9.59 Å². The summed E-state index contributed by atoms with van der Waals surface area (Å²) in [5, 5.41) is 2.44. The van der Waals surface area contributed by atoms with Gasteiger partial charge in [-0.05, 0) is 6.42 Å². The fourth-order valence-corrected chi connectivity index (χ4v) is 1.41. The maximum absolute atomic E-state index is 11.6. The number of carbonyl (C=O) groups is 2. The van der Waals surface area contributed by atoms with Gasteiger partial charge < -0.3 is 20.7 Å². The third kappa shape index (κ3) is 3.17. The molecule has 1 aliphatic rings. The molecule has 0 saturated carbocycles. The molecular weight excluding hydrogens is 198 g/mol. The summed E-state index contributed by atoms with van der Waals surface area (Å²) in [7, 11) is 1.61. The van der Waals surface area contributed by atoms with E-state index in [1.807, 2.05) is 0 Å². The van der Waals surface area contributed by atoms with Gasteiger partial charge in [0, 0.05) is 26.7 Å². The highest BCUT2D eigenvalue weighted by atomic mass is 16.5. The van der Waals surface area contributed by atoms with Gasteiger partial charge in [-0.1, -0.05) is 0 Å². The molecule has 1 heterocycles. The van der Waals surface area contributed by atoms with Gasteiger partial charge >= 0.3 is 11.8 Å². The van der Waals surface area contributed by atoms with E-state index in [0.717, 1.165) is 6.42 Å². The first-order valence-corrected chi connectivity index (χ1v) is 4.99. The Hall–Kier alpha value is -1.14. The minimum absolute atomic E-state index is 0.0149. The van der Waals surface area contributed by atoms with Crippen molar-refractivity contribution in [2.24, 2.45) is 5.73 Å². The second-order valence-corrected chi connectivity index (χ2v) is 3.48. The molecule has 1 atom stereocenters. The molecule has 6 heteroatoms. The lowest BCUT2D eigenvalue weighted by atomic mass is 10.2. The molecule has 3 N–H and O–H groups in total. The SMILES string of the molecule is CN(C(=O)C(=O)NCCN)C1CCOC1. The fourth-order valence-electron chi connectivity index (χ4n) is 1.41. The van der Waals surface area contributed by atoms with E-state index in [0.29, 0.717) is 26.3 Å². The van der Waals surface area contributed by atoms with Crippen LogP contribution in [0, 0.1) is 0 Å². The van der Waals surface area contributed by atoms with Gasteiger partial charge in [0.05, 0.1) is 12.6 Å². The zero-order valence-corrected chi connectivity index (χ0v) is 8.86. The zero-order valence-electron chi connectivity index (χ0n) is 8.86. The van der Waals surface area contributed by atoms with Crippen molar-refractivity contribution in [1.29, 1.82) is 0 Å². The molecule has 15 heavy (non-hydrogen) atoms. The second kappa shape index (κ2) is 5.67. The van der Waals surface area contributed by atoms with E-state index in [9.17, 15) is 9.59 Å². The van der Waals surface area contributed by atoms with Crippen LogP contribution in [0.5, 0.6) is 0 Å². The van der Waals surface area contributed by atoms with Gasteiger partial charge in [0.15, 0.2) is 0 Å². The summed E-state index contributed by atoms with van der Waals surface area (Å²) in [5.41, 5.74) is 5.22. The Kier molecular flexibility index (Phi) is 4.51. The second-order valence-electron chi connectivity index (χ2n) is 3.48. The first kappa shape index (κ1) is 11.9. The highest BCUT2D eigenvalue weighted by Gasteiger charge is 2.27. The van der Waals surface area contributed by atoms with E-state index >= 15 is 0 Å². The van der Waals surface area contributed by atoms with E-state index in [4.69, 9.17) is 10.5 Å². The molecule has 0 bridgehead atoms. The lowest BCUT2D eigenvalue weighted by Gasteiger charge is -2.22. The molecule has 1 saturated heterocycles. The van der Waals surface area contributed by atoms with Crippen molar-refractivity contribution in [1.82, 2.24) is 10.2 Å². The Morgan fingerprint density at radius 2 is 2.33 bits per heavy atom. The Labute approximate surface area is 88.7 Å². The summed E-state index contributed by atoms with van der Waals surface area (Å²) in [4.78, 5) is 24.3. The zero-order chi connectivity index (χ0) is 11.3. The lowest BCUT2D eigenvalue weighted by Crippen LogP contribution is -2.46. The van der Waals surface area contributed by atoms with Crippen LogP contribution in [-0.2, 0) is 14.3 Å². The number of nitrogens with one attached hydrogen (secondary N) is 1. The van der Waals surface area contributed by atoms with E-state index in [1.165, 1.54) is 4.90 Å². The van der Waals surface area contributed by atoms with Gasteiger partial charge in [-0.15, -0.1) is 0 Å². The van der Waals surface area contributed by atoms with Gasteiger partial charge in [0.2, 0.25) is 0 Å². The van der Waals surface area contributed by atoms with Crippen LogP contribution in [-0.4, -0.2) is 56.1 Å². The number of amides is 2. The van der Waals surface area contributed by atoms with Gasteiger partial charge in [-0.2, -0.15) is 0 Å². The highest BCUT2D eigenvalue weighted by molar-refractivity contribution is 6.35. The summed E-state index contributed by atoms with van der Waals surface area (Å²) in [6.07, 6.45) is 0.784. The van der Waals surface area contributed by atoms with Crippen LogP contribution in [0.1, 0.15) is 6.42 Å². The minimum Gasteiger partial charge on any atom is -0.379 e. The van der Waals surface area contributed by atoms with Crippen molar-refractivity contribution < 1.29 is 14.3 Å². The Bertz CT molecular complexity index is 239. The third-order valence-corrected chi connectivity index (χ3v) is 2.40. The molecule has 0 aromatic heterocycles. The number of likely N-dealkylation sites (N-methyl/N-ethyl adjacent to an activating group) is 1. The molecule has 86 valence electrons. The Morgan fingerprint density at radius 3 is 2.87 bits per heavy atom. The average molecular weight is 215 g/mol. The molecule has 0 radical (unpaired) electrons. The molecule has 6 nitrogen and oxygen atoms in total. The number of hydrogen-bond acceptors (Lipinski definition) is 4. The first-order chi connectivity index (χ1) is 7.16. The summed E-state index contributed by atoms with van der Waals surface area (Å²) in [5.74, 6) is -1.13. The number of nitrogens with two attached hydrogens (primary N) is 1. The highest BCUT2D eigenvalue weighted by Crippen LogP contribution is 2.10. The minimum atomic E-state index is -0.602. The van der Waals surface area contributed by atoms with Crippen LogP contribution in [0.2, 0.25) is 0 Å². The topological polar surface area (TPSA) is 84.7 Å². The number of nitrogens with zero attached hydrogens (tertiary/aromatic N) is 1. The van der Waals surface area contributed by atoms with Crippen molar-refractivity contribution in [2.75, 3.05) is 33.4 Å². The molecule has 1 aliphatic heterocycles. The van der Waals surface area contributed by atoms with Crippen molar-refractivity contribution in [3.05, 3.63) is 0 Å². The molecular formula is C9H17N3O3. The van der Waals surface area contributed by atoms with E-state index in [1.54, 1.807) is 7.05 Å². The summed E-state index contributed by atoms with van der Waals surface area (Å²) in [6.45, 7) is 1.80. The van der Waals surface area contributed by atoms with Crippen LogP contribution in [0.3, 0.4) is 0 Å². The van der Waals surface area contributed by atoms with Crippen LogP contribution in [0.25, 0.3) is 0 Å². The third-order valence-electron chi connectivity index (χ3n) is 2.40. The molecule has 2 amide bonds. The predicted molar refractivity (Wildman–Crippen MR) is 54.1 cm³/mol. The van der Waals surface area contributed by atoms with Crippen molar-refractivity contribution in [3.8, 4) is 0 Å². The first-order valence-electron chi connectivity index (χ1n) is 4.99. The van der Waals surface area contributed by atoms with Crippen LogP contribution >= 0.6 is 0 Å². The standard InChI is InChI=1S/C9H17N3O3/c1-12(7-2-5-15-6-7)9(14)8(13)11-4-3-10/h7H,2-6,10H2,1H3,(H,11,13). The van der Waals surface area contributed by atoms with Gasteiger partial charge in [0.25, 0.3) is 0 Å². The van der Waals surface area contributed by atoms with E-state index in [-0.39, 0.29) is 6.04 Å². The van der Waals surface area contributed by atoms with Gasteiger partial charge in [0.1, 0.15) is 0 Å². The van der Waals surface area contributed by atoms with Crippen LogP contribution < -0.4 is 11.1 Å². The van der Waals surface area contributed by atoms with E-state index in [2.05, 4.69) is 5.32 Å². The average Bonchev–Trinajstić information content (AvgIpc) is 2.77. The van der Waals surface area contributed by atoms with Crippen molar-refractivity contribution in [2.45, 2.75) is 12.5 Å². The number of rotatable bonds is 3. The summed E-state index contributed by atoms with van der Waals surface area (Å²) < 4.78 is 5.14. The van der Waals surface area contributed by atoms with Crippen molar-refractivity contribution >= 4 is 11.8 Å². The molecule has 1 fully saturated rings. The smallest absolute Gasteiger partial charge is 0.311 e. The monoisotopic (exact) mass is 215 g/mol.